The number of sulfonamides is 1. The van der Waals surface area contributed by atoms with E-state index in [0.29, 0.717) is 10.2 Å². The van der Waals surface area contributed by atoms with Crippen LogP contribution in [0.1, 0.15) is 12.8 Å². The van der Waals surface area contributed by atoms with E-state index in [0.717, 1.165) is 6.08 Å². The number of hydrogen-bond donors (Lipinski definition) is 4. The summed E-state index contributed by atoms with van der Waals surface area (Å²) in [6.45, 7) is -0.844. The number of halogens is 1. The first-order valence-corrected chi connectivity index (χ1v) is 10.8. The maximum Gasteiger partial charge on any atom is 0.332 e. The van der Waals surface area contributed by atoms with E-state index in [9.17, 15) is 28.5 Å². The van der Waals surface area contributed by atoms with Crippen LogP contribution in [0.25, 0.3) is 0 Å². The van der Waals surface area contributed by atoms with Gasteiger partial charge in [-0.3, -0.25) is 4.72 Å². The molecule has 0 aromatic heterocycles. The monoisotopic (exact) mass is 477 g/mol. The van der Waals surface area contributed by atoms with Gasteiger partial charge >= 0.3 is 5.97 Å². The number of anilines is 1. The smallest absolute Gasteiger partial charge is 0.332 e. The number of aliphatic carboxylic acids is 1. The lowest BCUT2D eigenvalue weighted by atomic mass is 9.94. The molecular weight excluding hydrogens is 458 g/mol. The van der Waals surface area contributed by atoms with Gasteiger partial charge in [-0.1, -0.05) is 12.1 Å². The van der Waals surface area contributed by atoms with Crippen molar-refractivity contribution < 1.29 is 38.0 Å². The summed E-state index contributed by atoms with van der Waals surface area (Å²) in [4.78, 5) is 11.8. The molecule has 0 bridgehead atoms. The second-order valence-corrected chi connectivity index (χ2v) is 9.27. The Kier molecular flexibility index (Phi) is 6.13. The topological polar surface area (TPSA) is 142 Å². The van der Waals surface area contributed by atoms with Gasteiger partial charge in [-0.05, 0) is 40.6 Å². The van der Waals surface area contributed by atoms with E-state index >= 15 is 0 Å². The van der Waals surface area contributed by atoms with Crippen molar-refractivity contribution in [2.24, 2.45) is 0 Å². The first-order chi connectivity index (χ1) is 13.2. The van der Waals surface area contributed by atoms with Crippen LogP contribution in [-0.4, -0.2) is 66.2 Å². The fourth-order valence-electron chi connectivity index (χ4n) is 3.37. The average Bonchev–Trinajstić information content (AvgIpc) is 3.00. The molecule has 3 atom stereocenters. The fourth-order valence-corrected chi connectivity index (χ4v) is 5.44. The second kappa shape index (κ2) is 8.09. The van der Waals surface area contributed by atoms with E-state index in [-0.39, 0.29) is 18.4 Å². The molecule has 1 aromatic carbocycles. The fraction of sp³-hybridized carbons (Fsp3) is 0.471. The highest BCUT2D eigenvalue weighted by atomic mass is 79.9. The number of aliphatic hydroxyl groups excluding tert-OH is 2. The van der Waals surface area contributed by atoms with Crippen LogP contribution in [0.5, 0.6) is 0 Å². The van der Waals surface area contributed by atoms with Gasteiger partial charge in [0, 0.05) is 10.9 Å². The molecule has 0 amide bonds. The molecule has 3 rings (SSSR count). The quantitative estimate of drug-likeness (QED) is 0.471. The summed E-state index contributed by atoms with van der Waals surface area (Å²) in [7, 11) is -4.08. The summed E-state index contributed by atoms with van der Waals surface area (Å²) in [5.41, 5.74) is -0.0948. The Morgan fingerprint density at radius 2 is 1.82 bits per heavy atom. The van der Waals surface area contributed by atoms with Crippen molar-refractivity contribution in [3.63, 3.8) is 0 Å². The highest BCUT2D eigenvalue weighted by Crippen LogP contribution is 2.41. The molecule has 1 aliphatic heterocycles. The third-order valence-electron chi connectivity index (χ3n) is 4.70. The summed E-state index contributed by atoms with van der Waals surface area (Å²) >= 11 is 3.25. The lowest BCUT2D eigenvalue weighted by Crippen LogP contribution is -2.42. The van der Waals surface area contributed by atoms with Crippen LogP contribution >= 0.6 is 15.9 Å². The number of hydrogen-bond acceptors (Lipinski definition) is 7. The maximum absolute atomic E-state index is 12.9. The zero-order valence-corrected chi connectivity index (χ0v) is 17.0. The van der Waals surface area contributed by atoms with Gasteiger partial charge in [0.05, 0.1) is 24.5 Å². The molecular formula is C17H20BrNO8S. The number of carboxylic acids is 1. The molecule has 1 heterocycles. The number of ether oxygens (including phenoxy) is 2. The van der Waals surface area contributed by atoms with Crippen LogP contribution < -0.4 is 4.72 Å². The van der Waals surface area contributed by atoms with Gasteiger partial charge in [0.25, 0.3) is 0 Å². The third-order valence-corrected chi connectivity index (χ3v) is 7.14. The highest BCUT2D eigenvalue weighted by Gasteiger charge is 2.51. The van der Waals surface area contributed by atoms with Crippen LogP contribution in [0.4, 0.5) is 5.69 Å². The summed E-state index contributed by atoms with van der Waals surface area (Å²) in [5.74, 6) is -2.91. The van der Waals surface area contributed by atoms with E-state index in [2.05, 4.69) is 20.7 Å². The molecule has 11 heteroatoms. The van der Waals surface area contributed by atoms with Gasteiger partial charge in [0.15, 0.2) is 5.79 Å². The molecule has 2 aliphatic rings. The van der Waals surface area contributed by atoms with Gasteiger partial charge in [-0.25, -0.2) is 13.2 Å². The predicted octanol–water partition coefficient (Wildman–Crippen LogP) is 0.829. The van der Waals surface area contributed by atoms with Crippen molar-refractivity contribution in [1.82, 2.24) is 0 Å². The van der Waals surface area contributed by atoms with E-state index in [4.69, 9.17) is 9.47 Å². The lowest BCUT2D eigenvalue weighted by molar-refractivity contribution is -0.153. The van der Waals surface area contributed by atoms with Crippen molar-refractivity contribution >= 4 is 37.6 Å². The minimum absolute atomic E-state index is 0.0539. The normalized spacial score (nSPS) is 26.8. The maximum atomic E-state index is 12.9. The van der Waals surface area contributed by atoms with Gasteiger partial charge in [0.1, 0.15) is 17.5 Å². The number of benzene rings is 1. The third kappa shape index (κ3) is 4.09. The number of nitrogens with one attached hydrogen (secondary N) is 1. The Hall–Kier alpha value is -1.50. The average molecular weight is 478 g/mol. The van der Waals surface area contributed by atoms with Crippen LogP contribution in [0.2, 0.25) is 0 Å². The molecule has 1 unspecified atom stereocenters. The summed E-state index contributed by atoms with van der Waals surface area (Å²) < 4.78 is 39.9. The first-order valence-electron chi connectivity index (χ1n) is 8.51. The Morgan fingerprint density at radius 1 is 1.21 bits per heavy atom. The molecule has 0 radical (unpaired) electrons. The summed E-state index contributed by atoms with van der Waals surface area (Å²) in [5, 5.41) is 27.0. The number of carbonyl (C=O) groups is 1. The standard InChI is InChI=1S/C17H20BrNO8S/c18-11-3-1-2-4-12(11)19-28(24,25)15-5-6-17(7-10(15)16(22)23)26-13(8-20)14(9-21)27-17/h1-4,7,13-15,19-21H,5-6,8-9H2,(H,22,23)/t13-,14-,15?/m1/s1. The molecule has 1 saturated heterocycles. The Balaban J connectivity index is 1.91. The molecule has 28 heavy (non-hydrogen) atoms. The Morgan fingerprint density at radius 3 is 2.36 bits per heavy atom. The van der Waals surface area contributed by atoms with Crippen molar-refractivity contribution in [1.29, 1.82) is 0 Å². The van der Waals surface area contributed by atoms with Crippen LogP contribution in [0, 0.1) is 0 Å². The summed E-state index contributed by atoms with van der Waals surface area (Å²) in [6.07, 6.45) is -0.557. The van der Waals surface area contributed by atoms with Gasteiger partial charge in [-0.2, -0.15) is 0 Å². The molecule has 1 aliphatic carbocycles. The zero-order chi connectivity index (χ0) is 20.5. The largest absolute Gasteiger partial charge is 0.478 e. The van der Waals surface area contributed by atoms with Gasteiger partial charge < -0.3 is 24.8 Å². The zero-order valence-electron chi connectivity index (χ0n) is 14.6. The van der Waals surface area contributed by atoms with E-state index < -0.39 is 52.5 Å². The lowest BCUT2D eigenvalue weighted by Gasteiger charge is -2.33. The molecule has 9 nitrogen and oxygen atoms in total. The van der Waals surface area contributed by atoms with Crippen LogP contribution in [0.15, 0.2) is 40.4 Å². The molecule has 4 N–H and O–H groups in total. The molecule has 154 valence electrons. The molecule has 1 aromatic rings. The number of rotatable bonds is 6. The Bertz CT molecular complexity index is 875. The van der Waals surface area contributed by atoms with Crippen molar-refractivity contribution in [2.45, 2.75) is 36.1 Å². The minimum atomic E-state index is -4.08. The first kappa shape index (κ1) is 21.2. The van der Waals surface area contributed by atoms with Gasteiger partial charge in [-0.15, -0.1) is 0 Å². The highest BCUT2D eigenvalue weighted by molar-refractivity contribution is 9.10. The number of para-hydroxylation sites is 1. The minimum Gasteiger partial charge on any atom is -0.478 e. The molecule has 1 fully saturated rings. The van der Waals surface area contributed by atoms with Crippen molar-refractivity contribution in [3.05, 3.63) is 40.4 Å². The number of aliphatic hydroxyl groups is 2. The van der Waals surface area contributed by atoms with E-state index in [1.54, 1.807) is 24.3 Å². The van der Waals surface area contributed by atoms with E-state index in [1.807, 2.05) is 0 Å². The molecule has 0 saturated carbocycles. The van der Waals surface area contributed by atoms with Crippen molar-refractivity contribution in [2.75, 3.05) is 17.9 Å². The predicted molar refractivity (Wildman–Crippen MR) is 102 cm³/mol. The molecule has 1 spiro atoms. The van der Waals surface area contributed by atoms with Crippen molar-refractivity contribution in [3.8, 4) is 0 Å². The number of carboxylic acid groups (broad SMARTS) is 1. The second-order valence-electron chi connectivity index (χ2n) is 6.55. The SMILES string of the molecule is O=C(O)C1=CC2(CCC1S(=O)(=O)Nc1ccccc1Br)O[C@H](CO)[C@@H](CO)O2. The summed E-state index contributed by atoms with van der Waals surface area (Å²) in [6, 6.07) is 6.58. The Labute approximate surface area is 170 Å². The van der Waals surface area contributed by atoms with Crippen LogP contribution in [-0.2, 0) is 24.3 Å². The van der Waals surface area contributed by atoms with E-state index in [1.165, 1.54) is 0 Å². The van der Waals surface area contributed by atoms with Gasteiger partial charge in [0.2, 0.25) is 10.0 Å². The van der Waals surface area contributed by atoms with Crippen LogP contribution in [0.3, 0.4) is 0 Å².